The normalized spacial score (nSPS) is 21.3. The van der Waals surface area contributed by atoms with Crippen LogP contribution < -0.4 is 5.56 Å². The van der Waals surface area contributed by atoms with E-state index in [1.807, 2.05) is 19.0 Å². The van der Waals surface area contributed by atoms with Crippen LogP contribution in [0.5, 0.6) is 0 Å². The number of aliphatic hydroxyl groups is 1. The number of rotatable bonds is 8. The van der Waals surface area contributed by atoms with Gasteiger partial charge in [0.25, 0.3) is 5.56 Å². The van der Waals surface area contributed by atoms with E-state index in [0.717, 1.165) is 0 Å². The molecule has 1 amide bonds. The van der Waals surface area contributed by atoms with E-state index in [0.29, 0.717) is 24.5 Å². The molecule has 36 heavy (non-hydrogen) atoms. The number of hydrogen-bond donors (Lipinski definition) is 2. The van der Waals surface area contributed by atoms with Crippen LogP contribution in [-0.4, -0.2) is 97.0 Å². The fourth-order valence-corrected chi connectivity index (χ4v) is 4.58. The van der Waals surface area contributed by atoms with Gasteiger partial charge in [-0.2, -0.15) is 5.10 Å². The summed E-state index contributed by atoms with van der Waals surface area (Å²) in [6, 6.07) is 5.10. The number of piperidine rings is 1. The summed E-state index contributed by atoms with van der Waals surface area (Å²) < 4.78 is 21.9. The highest BCUT2D eigenvalue weighted by Gasteiger charge is 2.43. The van der Waals surface area contributed by atoms with E-state index in [1.165, 1.54) is 50.9 Å². The molecule has 1 aliphatic rings. The van der Waals surface area contributed by atoms with Gasteiger partial charge in [0, 0.05) is 19.5 Å². The molecule has 1 fully saturated rings. The Hall–Kier alpha value is -3.35. The lowest BCUT2D eigenvalue weighted by molar-refractivity contribution is -0.0902. The summed E-state index contributed by atoms with van der Waals surface area (Å²) in [6.45, 7) is 2.97. The zero-order chi connectivity index (χ0) is 26.0. The monoisotopic (exact) mass is 502 g/mol. The number of fused-ring (bicyclic) bond motifs is 1. The first kappa shape index (κ1) is 25.7. The van der Waals surface area contributed by atoms with Crippen molar-refractivity contribution in [3.8, 4) is 5.69 Å². The molecule has 2 aromatic heterocycles. The van der Waals surface area contributed by atoms with Crippen molar-refractivity contribution >= 4 is 17.1 Å². The lowest BCUT2D eigenvalue weighted by Crippen LogP contribution is -2.58. The molecule has 12 heteroatoms. The predicted octanol–water partition coefficient (Wildman–Crippen LogP) is 1.56. The maximum atomic E-state index is 13.3. The van der Waals surface area contributed by atoms with Gasteiger partial charge in [0.15, 0.2) is 5.65 Å². The standard InChI is InChI=1S/C24H31FN6O5/c1-16(36-11-10-28(2)3)20-12-24(35,8-9-30(20)23(33)34)14-29-15-26-21-19(22(29)32)13-27-31(21)18-6-4-17(25)5-7-18/h4-7,13,15-16,20,35H,8-12,14H2,1-3H3,(H,33,34). The minimum atomic E-state index is -1.33. The molecular weight excluding hydrogens is 471 g/mol. The Morgan fingerprint density at radius 1 is 1.33 bits per heavy atom. The van der Waals surface area contributed by atoms with E-state index in [9.17, 15) is 24.2 Å². The fraction of sp³-hybridized carbons (Fsp3) is 0.500. The Labute approximate surface area is 207 Å². The third-order valence-electron chi connectivity index (χ3n) is 6.60. The molecule has 1 aromatic carbocycles. The van der Waals surface area contributed by atoms with E-state index in [-0.39, 0.29) is 42.7 Å². The van der Waals surface area contributed by atoms with Gasteiger partial charge in [-0.1, -0.05) is 0 Å². The predicted molar refractivity (Wildman–Crippen MR) is 130 cm³/mol. The Morgan fingerprint density at radius 2 is 2.06 bits per heavy atom. The zero-order valence-corrected chi connectivity index (χ0v) is 20.5. The average molecular weight is 503 g/mol. The third kappa shape index (κ3) is 5.40. The molecule has 0 saturated carbocycles. The van der Waals surface area contributed by atoms with Gasteiger partial charge in [-0.15, -0.1) is 0 Å². The van der Waals surface area contributed by atoms with Crippen LogP contribution in [0, 0.1) is 5.82 Å². The second-order valence-electron chi connectivity index (χ2n) is 9.55. The van der Waals surface area contributed by atoms with Crippen LogP contribution in [0.3, 0.4) is 0 Å². The van der Waals surface area contributed by atoms with Gasteiger partial charge in [0.05, 0.1) is 42.8 Å². The van der Waals surface area contributed by atoms with E-state index >= 15 is 0 Å². The van der Waals surface area contributed by atoms with Gasteiger partial charge in [-0.25, -0.2) is 18.9 Å². The minimum absolute atomic E-state index is 0.0507. The summed E-state index contributed by atoms with van der Waals surface area (Å²) in [5.41, 5.74) is -0.838. The first-order valence-corrected chi connectivity index (χ1v) is 11.8. The number of amides is 1. The molecule has 11 nitrogen and oxygen atoms in total. The van der Waals surface area contributed by atoms with Crippen LogP contribution in [-0.2, 0) is 11.3 Å². The number of likely N-dealkylation sites (N-methyl/N-ethyl adjacent to an activating group) is 1. The van der Waals surface area contributed by atoms with Crippen LogP contribution in [0.2, 0.25) is 0 Å². The summed E-state index contributed by atoms with van der Waals surface area (Å²) in [4.78, 5) is 32.7. The molecule has 0 radical (unpaired) electrons. The summed E-state index contributed by atoms with van der Waals surface area (Å²) in [5, 5.41) is 25.6. The molecular formula is C24H31FN6O5. The molecule has 3 unspecified atom stereocenters. The quantitative estimate of drug-likeness (QED) is 0.475. The lowest BCUT2D eigenvalue weighted by Gasteiger charge is -2.45. The van der Waals surface area contributed by atoms with Crippen LogP contribution in [0.4, 0.5) is 9.18 Å². The second kappa shape index (κ2) is 10.3. The average Bonchev–Trinajstić information content (AvgIpc) is 3.25. The van der Waals surface area contributed by atoms with Crippen molar-refractivity contribution < 1.29 is 24.1 Å². The molecule has 194 valence electrons. The third-order valence-corrected chi connectivity index (χ3v) is 6.60. The Morgan fingerprint density at radius 3 is 2.72 bits per heavy atom. The minimum Gasteiger partial charge on any atom is -0.465 e. The summed E-state index contributed by atoms with van der Waals surface area (Å²) >= 11 is 0. The molecule has 3 aromatic rings. The molecule has 0 spiro atoms. The van der Waals surface area contributed by atoms with E-state index < -0.39 is 23.8 Å². The lowest BCUT2D eigenvalue weighted by atomic mass is 9.84. The number of aromatic nitrogens is 4. The highest BCUT2D eigenvalue weighted by atomic mass is 19.1. The Bertz CT molecular complexity index is 1280. The van der Waals surface area contributed by atoms with Crippen molar-refractivity contribution in [3.05, 3.63) is 53.0 Å². The number of ether oxygens (including phenoxy) is 1. The van der Waals surface area contributed by atoms with E-state index in [4.69, 9.17) is 4.74 Å². The number of benzene rings is 1. The van der Waals surface area contributed by atoms with Crippen molar-refractivity contribution in [1.29, 1.82) is 0 Å². The molecule has 4 rings (SSSR count). The Kier molecular flexibility index (Phi) is 7.38. The van der Waals surface area contributed by atoms with Gasteiger partial charge in [0.2, 0.25) is 0 Å². The molecule has 2 N–H and O–H groups in total. The smallest absolute Gasteiger partial charge is 0.407 e. The molecule has 1 aliphatic heterocycles. The number of likely N-dealkylation sites (tertiary alicyclic amines) is 1. The topological polar surface area (TPSA) is 126 Å². The molecule has 3 heterocycles. The van der Waals surface area contributed by atoms with Gasteiger partial charge in [-0.05, 0) is 51.7 Å². The highest BCUT2D eigenvalue weighted by molar-refractivity contribution is 5.74. The summed E-state index contributed by atoms with van der Waals surface area (Å²) in [5.74, 6) is -0.386. The van der Waals surface area contributed by atoms with E-state index in [1.54, 1.807) is 6.92 Å². The fourth-order valence-electron chi connectivity index (χ4n) is 4.58. The van der Waals surface area contributed by atoms with Crippen LogP contribution in [0.1, 0.15) is 19.8 Å². The van der Waals surface area contributed by atoms with Crippen molar-refractivity contribution in [2.24, 2.45) is 0 Å². The van der Waals surface area contributed by atoms with Crippen molar-refractivity contribution in [2.75, 3.05) is 33.8 Å². The van der Waals surface area contributed by atoms with Crippen molar-refractivity contribution in [2.45, 2.75) is 44.1 Å². The molecule has 0 bridgehead atoms. The van der Waals surface area contributed by atoms with Crippen LogP contribution in [0.25, 0.3) is 16.7 Å². The highest BCUT2D eigenvalue weighted by Crippen LogP contribution is 2.31. The maximum Gasteiger partial charge on any atom is 0.407 e. The van der Waals surface area contributed by atoms with Crippen molar-refractivity contribution in [1.82, 2.24) is 29.1 Å². The van der Waals surface area contributed by atoms with Gasteiger partial charge in [0.1, 0.15) is 17.5 Å². The summed E-state index contributed by atoms with van der Waals surface area (Å²) in [6.07, 6.45) is 1.50. The number of halogens is 1. The number of carboxylic acid groups (broad SMARTS) is 1. The SMILES string of the molecule is CC(OCCN(C)C)C1CC(O)(Cn2cnc3c(cnn3-c3ccc(F)cc3)c2=O)CCN1C(=O)O. The Balaban J connectivity index is 1.56. The molecule has 0 aliphatic carbocycles. The largest absolute Gasteiger partial charge is 0.465 e. The molecule has 1 saturated heterocycles. The van der Waals surface area contributed by atoms with Crippen LogP contribution in [0.15, 0.2) is 41.6 Å². The first-order chi connectivity index (χ1) is 17.1. The van der Waals surface area contributed by atoms with Crippen LogP contribution >= 0.6 is 0 Å². The van der Waals surface area contributed by atoms with Crippen molar-refractivity contribution in [3.63, 3.8) is 0 Å². The number of nitrogens with zero attached hydrogens (tertiary/aromatic N) is 6. The first-order valence-electron chi connectivity index (χ1n) is 11.8. The maximum absolute atomic E-state index is 13.3. The summed E-state index contributed by atoms with van der Waals surface area (Å²) in [7, 11) is 3.84. The molecule has 3 atom stereocenters. The zero-order valence-electron chi connectivity index (χ0n) is 20.5. The van der Waals surface area contributed by atoms with Gasteiger partial charge < -0.3 is 24.7 Å². The number of carbonyl (C=O) groups is 1. The second-order valence-corrected chi connectivity index (χ2v) is 9.55. The van der Waals surface area contributed by atoms with E-state index in [2.05, 4.69) is 10.1 Å². The number of hydrogen-bond acceptors (Lipinski definition) is 7. The van der Waals surface area contributed by atoms with Gasteiger partial charge in [-0.3, -0.25) is 9.36 Å². The van der Waals surface area contributed by atoms with Gasteiger partial charge >= 0.3 is 6.09 Å².